The molecule has 3 rings (SSSR count). The van der Waals surface area contributed by atoms with Gasteiger partial charge in [0.2, 0.25) is 0 Å². The summed E-state index contributed by atoms with van der Waals surface area (Å²) in [6.45, 7) is 5.22. The van der Waals surface area contributed by atoms with E-state index in [1.54, 1.807) is 0 Å². The average molecular weight is 469 g/mol. The Bertz CT molecular complexity index is 1270. The Hall–Kier alpha value is -4.15. The fourth-order valence-corrected chi connectivity index (χ4v) is 3.53. The Morgan fingerprint density at radius 3 is 2.56 bits per heavy atom. The van der Waals surface area contributed by atoms with Crippen molar-refractivity contribution < 1.29 is 14.3 Å². The van der Waals surface area contributed by atoms with E-state index in [0.717, 1.165) is 10.5 Å². The summed E-state index contributed by atoms with van der Waals surface area (Å²) in [5.41, 5.74) is 6.19. The molecule has 1 aromatic carbocycles. The van der Waals surface area contributed by atoms with E-state index in [9.17, 15) is 19.2 Å². The van der Waals surface area contributed by atoms with Crippen LogP contribution in [0.25, 0.3) is 0 Å². The fourth-order valence-electron chi connectivity index (χ4n) is 3.53. The summed E-state index contributed by atoms with van der Waals surface area (Å²) in [4.78, 5) is 54.0. The number of nitrogens with one attached hydrogen (secondary N) is 2. The SMILES string of the molecule is CCCN(C(=O)COC(=O)c1cn[nH]c1C(C)C)c1c(N)n(Cc2ccccc2)c(=O)[nH]c1=O. The van der Waals surface area contributed by atoms with Crippen LogP contribution in [0.3, 0.4) is 0 Å². The first-order valence-electron chi connectivity index (χ1n) is 10.9. The van der Waals surface area contributed by atoms with Gasteiger partial charge >= 0.3 is 11.7 Å². The molecule has 0 radical (unpaired) electrons. The number of aromatic nitrogens is 4. The number of aromatic amines is 2. The van der Waals surface area contributed by atoms with Crippen molar-refractivity contribution in [2.75, 3.05) is 23.8 Å². The Morgan fingerprint density at radius 1 is 1.21 bits per heavy atom. The number of benzene rings is 1. The summed E-state index contributed by atoms with van der Waals surface area (Å²) in [6, 6.07) is 9.09. The van der Waals surface area contributed by atoms with Crippen molar-refractivity contribution >= 4 is 23.4 Å². The molecule has 34 heavy (non-hydrogen) atoms. The lowest BCUT2D eigenvalue weighted by atomic mass is 10.1. The van der Waals surface area contributed by atoms with E-state index < -0.39 is 29.7 Å². The summed E-state index contributed by atoms with van der Waals surface area (Å²) in [5, 5.41) is 6.61. The predicted octanol–water partition coefficient (Wildman–Crippen LogP) is 1.61. The van der Waals surface area contributed by atoms with Gasteiger partial charge < -0.3 is 15.4 Å². The first-order valence-corrected chi connectivity index (χ1v) is 10.9. The Labute approximate surface area is 195 Å². The number of carbonyl (C=O) groups is 2. The number of hydrogen-bond donors (Lipinski definition) is 3. The van der Waals surface area contributed by atoms with E-state index in [2.05, 4.69) is 15.2 Å². The van der Waals surface area contributed by atoms with Crippen LogP contribution in [-0.2, 0) is 16.1 Å². The number of ether oxygens (including phenoxy) is 1. The van der Waals surface area contributed by atoms with Crippen LogP contribution in [0.4, 0.5) is 11.5 Å². The summed E-state index contributed by atoms with van der Waals surface area (Å²) < 4.78 is 6.39. The third kappa shape index (κ3) is 5.25. The summed E-state index contributed by atoms with van der Waals surface area (Å²) in [7, 11) is 0. The zero-order valence-corrected chi connectivity index (χ0v) is 19.3. The molecule has 0 aliphatic rings. The maximum atomic E-state index is 13.0. The third-order valence-electron chi connectivity index (χ3n) is 5.21. The highest BCUT2D eigenvalue weighted by Crippen LogP contribution is 2.20. The van der Waals surface area contributed by atoms with Crippen molar-refractivity contribution in [2.24, 2.45) is 0 Å². The van der Waals surface area contributed by atoms with Gasteiger partial charge in [-0.2, -0.15) is 5.10 Å². The highest BCUT2D eigenvalue weighted by molar-refractivity contribution is 5.98. The van der Waals surface area contributed by atoms with Crippen LogP contribution < -0.4 is 21.9 Å². The van der Waals surface area contributed by atoms with Crippen molar-refractivity contribution in [3.05, 3.63) is 74.2 Å². The zero-order valence-electron chi connectivity index (χ0n) is 19.3. The second-order valence-electron chi connectivity index (χ2n) is 8.04. The molecule has 180 valence electrons. The second kappa shape index (κ2) is 10.6. The second-order valence-corrected chi connectivity index (χ2v) is 8.04. The minimum Gasteiger partial charge on any atom is -0.452 e. The molecule has 0 aliphatic carbocycles. The Kier molecular flexibility index (Phi) is 7.67. The van der Waals surface area contributed by atoms with Crippen LogP contribution in [0.15, 0.2) is 46.1 Å². The molecule has 2 aromatic heterocycles. The van der Waals surface area contributed by atoms with Gasteiger partial charge in [-0.15, -0.1) is 0 Å². The van der Waals surface area contributed by atoms with Gasteiger partial charge in [0.15, 0.2) is 12.3 Å². The van der Waals surface area contributed by atoms with Gasteiger partial charge in [0, 0.05) is 6.54 Å². The van der Waals surface area contributed by atoms with Crippen molar-refractivity contribution in [3.63, 3.8) is 0 Å². The van der Waals surface area contributed by atoms with Gasteiger partial charge in [0.05, 0.1) is 18.4 Å². The molecule has 0 fully saturated rings. The maximum absolute atomic E-state index is 13.0. The van der Waals surface area contributed by atoms with Crippen LogP contribution in [0.2, 0.25) is 0 Å². The van der Waals surface area contributed by atoms with Crippen molar-refractivity contribution in [3.8, 4) is 0 Å². The molecule has 4 N–H and O–H groups in total. The van der Waals surface area contributed by atoms with Gasteiger partial charge in [-0.25, -0.2) is 9.59 Å². The number of amides is 1. The number of nitrogen functional groups attached to an aromatic ring is 1. The quantitative estimate of drug-likeness (QED) is 0.403. The molecule has 0 unspecified atom stereocenters. The molecule has 2 heterocycles. The molecule has 11 nitrogen and oxygen atoms in total. The number of H-pyrrole nitrogens is 2. The number of nitrogens with zero attached hydrogens (tertiary/aromatic N) is 3. The molecule has 0 bridgehead atoms. The third-order valence-corrected chi connectivity index (χ3v) is 5.21. The first-order chi connectivity index (χ1) is 16.2. The maximum Gasteiger partial charge on any atom is 0.342 e. The van der Waals surface area contributed by atoms with Crippen molar-refractivity contribution in [1.82, 2.24) is 19.7 Å². The normalized spacial score (nSPS) is 10.9. The molecule has 0 spiro atoms. The lowest BCUT2D eigenvalue weighted by Crippen LogP contribution is -2.43. The Balaban J connectivity index is 1.87. The number of hydrogen-bond acceptors (Lipinski definition) is 7. The molecule has 0 atom stereocenters. The van der Waals surface area contributed by atoms with Crippen LogP contribution >= 0.6 is 0 Å². The number of carbonyl (C=O) groups excluding carboxylic acids is 2. The van der Waals surface area contributed by atoms with Crippen molar-refractivity contribution in [1.29, 1.82) is 0 Å². The topological polar surface area (TPSA) is 156 Å². The van der Waals surface area contributed by atoms with Crippen LogP contribution in [0.5, 0.6) is 0 Å². The molecular weight excluding hydrogens is 440 g/mol. The standard InChI is InChI=1S/C23H28N6O5/c1-4-10-28(17(30)13-34-22(32)16-11-25-27-18(16)14(2)3)19-20(24)29(23(33)26-21(19)31)12-15-8-6-5-7-9-15/h5-9,11,14H,4,10,12-13,24H2,1-3H3,(H,25,27)(H,26,31,33). The first kappa shape index (κ1) is 24.5. The zero-order chi connectivity index (χ0) is 24.8. The highest BCUT2D eigenvalue weighted by atomic mass is 16.5. The molecule has 3 aromatic rings. The molecule has 0 aliphatic heterocycles. The summed E-state index contributed by atoms with van der Waals surface area (Å²) in [5.74, 6) is -1.51. The van der Waals surface area contributed by atoms with Crippen LogP contribution in [0, 0.1) is 0 Å². The Morgan fingerprint density at radius 2 is 1.91 bits per heavy atom. The smallest absolute Gasteiger partial charge is 0.342 e. The predicted molar refractivity (Wildman–Crippen MR) is 127 cm³/mol. The fraction of sp³-hybridized carbons (Fsp3) is 0.348. The minimum atomic E-state index is -0.795. The molecule has 11 heteroatoms. The molecule has 0 saturated heterocycles. The van der Waals surface area contributed by atoms with E-state index in [-0.39, 0.29) is 36.1 Å². The van der Waals surface area contributed by atoms with E-state index in [4.69, 9.17) is 10.5 Å². The molecule has 0 saturated carbocycles. The lowest BCUT2D eigenvalue weighted by molar-refractivity contribution is -0.121. The largest absolute Gasteiger partial charge is 0.452 e. The van der Waals surface area contributed by atoms with E-state index in [0.29, 0.717) is 12.1 Å². The van der Waals surface area contributed by atoms with Crippen LogP contribution in [-0.4, -0.2) is 44.8 Å². The van der Waals surface area contributed by atoms with E-state index in [1.807, 2.05) is 51.1 Å². The molecular formula is C23H28N6O5. The average Bonchev–Trinajstić information content (AvgIpc) is 3.30. The monoisotopic (exact) mass is 468 g/mol. The minimum absolute atomic E-state index is 0.00126. The van der Waals surface area contributed by atoms with Gasteiger partial charge in [0.25, 0.3) is 11.5 Å². The van der Waals surface area contributed by atoms with E-state index >= 15 is 0 Å². The van der Waals surface area contributed by atoms with Gasteiger partial charge in [-0.05, 0) is 17.9 Å². The van der Waals surface area contributed by atoms with Crippen LogP contribution in [0.1, 0.15) is 54.7 Å². The van der Waals surface area contributed by atoms with Gasteiger partial charge in [-0.1, -0.05) is 51.1 Å². The lowest BCUT2D eigenvalue weighted by Gasteiger charge is -2.24. The van der Waals surface area contributed by atoms with Crippen molar-refractivity contribution in [2.45, 2.75) is 39.7 Å². The van der Waals surface area contributed by atoms with Gasteiger partial charge in [-0.3, -0.25) is 24.2 Å². The number of esters is 1. The summed E-state index contributed by atoms with van der Waals surface area (Å²) in [6.07, 6.45) is 1.84. The van der Waals surface area contributed by atoms with E-state index in [1.165, 1.54) is 10.8 Å². The number of anilines is 2. The number of nitrogens with two attached hydrogens (primary N) is 1. The highest BCUT2D eigenvalue weighted by Gasteiger charge is 2.26. The van der Waals surface area contributed by atoms with Gasteiger partial charge in [0.1, 0.15) is 11.4 Å². The number of rotatable bonds is 9. The summed E-state index contributed by atoms with van der Waals surface area (Å²) >= 11 is 0. The molecule has 1 amide bonds.